The van der Waals surface area contributed by atoms with Crippen LogP contribution in [0, 0.1) is 5.92 Å². The zero-order valence-electron chi connectivity index (χ0n) is 8.00. The van der Waals surface area contributed by atoms with Crippen molar-refractivity contribution in [2.24, 2.45) is 5.92 Å². The third kappa shape index (κ3) is 2.71. The third-order valence-corrected chi connectivity index (χ3v) is 2.75. The van der Waals surface area contributed by atoms with E-state index in [0.29, 0.717) is 5.92 Å². The fraction of sp³-hybridized carbons (Fsp3) is 0.455. The SMILES string of the molecule is C[C@H](c1cccc(Cl)c1)[C@@H](C)CO. The van der Waals surface area contributed by atoms with Crippen molar-refractivity contribution in [2.45, 2.75) is 19.8 Å². The smallest absolute Gasteiger partial charge is 0.0462 e. The van der Waals surface area contributed by atoms with Gasteiger partial charge in [0.2, 0.25) is 0 Å². The molecular weight excluding hydrogens is 184 g/mol. The summed E-state index contributed by atoms with van der Waals surface area (Å²) >= 11 is 5.87. The van der Waals surface area contributed by atoms with E-state index in [4.69, 9.17) is 16.7 Å². The van der Waals surface area contributed by atoms with Crippen molar-refractivity contribution in [3.8, 4) is 0 Å². The highest BCUT2D eigenvalue weighted by atomic mass is 35.5. The van der Waals surface area contributed by atoms with Crippen molar-refractivity contribution in [2.75, 3.05) is 6.61 Å². The molecule has 72 valence electrons. The predicted molar refractivity (Wildman–Crippen MR) is 56.1 cm³/mol. The van der Waals surface area contributed by atoms with Crippen molar-refractivity contribution < 1.29 is 5.11 Å². The lowest BCUT2D eigenvalue weighted by Crippen LogP contribution is -2.10. The van der Waals surface area contributed by atoms with Gasteiger partial charge in [-0.15, -0.1) is 0 Å². The third-order valence-electron chi connectivity index (χ3n) is 2.52. The van der Waals surface area contributed by atoms with Gasteiger partial charge in [-0.3, -0.25) is 0 Å². The summed E-state index contributed by atoms with van der Waals surface area (Å²) in [4.78, 5) is 0. The van der Waals surface area contributed by atoms with Crippen LogP contribution in [-0.2, 0) is 0 Å². The molecular formula is C11H15ClO. The molecule has 0 saturated carbocycles. The molecule has 2 atom stereocenters. The monoisotopic (exact) mass is 198 g/mol. The highest BCUT2D eigenvalue weighted by Crippen LogP contribution is 2.25. The Morgan fingerprint density at radius 2 is 2.08 bits per heavy atom. The molecule has 0 aliphatic rings. The molecule has 0 aromatic heterocycles. The molecule has 0 aliphatic carbocycles. The maximum Gasteiger partial charge on any atom is 0.0462 e. The number of rotatable bonds is 3. The van der Waals surface area contributed by atoms with Gasteiger partial charge in [0, 0.05) is 11.6 Å². The highest BCUT2D eigenvalue weighted by molar-refractivity contribution is 6.30. The number of hydrogen-bond donors (Lipinski definition) is 1. The number of aliphatic hydroxyl groups is 1. The molecule has 13 heavy (non-hydrogen) atoms. The Labute approximate surface area is 84.4 Å². The lowest BCUT2D eigenvalue weighted by molar-refractivity contribution is 0.220. The van der Waals surface area contributed by atoms with Crippen LogP contribution in [0.2, 0.25) is 5.02 Å². The van der Waals surface area contributed by atoms with Gasteiger partial charge < -0.3 is 5.11 Å². The first kappa shape index (κ1) is 10.6. The summed E-state index contributed by atoms with van der Waals surface area (Å²) in [7, 11) is 0. The second-order valence-electron chi connectivity index (χ2n) is 3.50. The molecule has 0 aliphatic heterocycles. The first-order valence-electron chi connectivity index (χ1n) is 4.51. The van der Waals surface area contributed by atoms with Crippen molar-refractivity contribution in [1.29, 1.82) is 0 Å². The Bertz CT molecular complexity index is 273. The standard InChI is InChI=1S/C11H15ClO/c1-8(7-13)9(2)10-4-3-5-11(12)6-10/h3-6,8-9,13H,7H2,1-2H3/t8-,9-/m0/s1. The Balaban J connectivity index is 2.82. The van der Waals surface area contributed by atoms with E-state index >= 15 is 0 Å². The van der Waals surface area contributed by atoms with Crippen LogP contribution in [0.1, 0.15) is 25.3 Å². The van der Waals surface area contributed by atoms with Gasteiger partial charge in [-0.1, -0.05) is 37.6 Å². The maximum atomic E-state index is 9.00. The number of aliphatic hydroxyl groups excluding tert-OH is 1. The zero-order chi connectivity index (χ0) is 9.84. The van der Waals surface area contributed by atoms with Crippen LogP contribution in [0.5, 0.6) is 0 Å². The van der Waals surface area contributed by atoms with E-state index in [1.54, 1.807) is 0 Å². The number of hydrogen-bond acceptors (Lipinski definition) is 1. The minimum absolute atomic E-state index is 0.216. The van der Waals surface area contributed by atoms with Gasteiger partial charge in [0.25, 0.3) is 0 Å². The largest absolute Gasteiger partial charge is 0.396 e. The van der Waals surface area contributed by atoms with Gasteiger partial charge >= 0.3 is 0 Å². The van der Waals surface area contributed by atoms with Gasteiger partial charge in [-0.25, -0.2) is 0 Å². The Kier molecular flexibility index (Phi) is 3.76. The quantitative estimate of drug-likeness (QED) is 0.792. The summed E-state index contributed by atoms with van der Waals surface area (Å²) in [5.74, 6) is 0.627. The van der Waals surface area contributed by atoms with Crippen LogP contribution < -0.4 is 0 Å². The zero-order valence-corrected chi connectivity index (χ0v) is 8.75. The Morgan fingerprint density at radius 3 is 2.62 bits per heavy atom. The Hall–Kier alpha value is -0.530. The molecule has 1 aromatic carbocycles. The van der Waals surface area contributed by atoms with Gasteiger partial charge in [0.1, 0.15) is 0 Å². The summed E-state index contributed by atoms with van der Waals surface area (Å²) in [6, 6.07) is 7.81. The van der Waals surface area contributed by atoms with E-state index in [-0.39, 0.29) is 12.5 Å². The lowest BCUT2D eigenvalue weighted by atomic mass is 9.90. The maximum absolute atomic E-state index is 9.00. The molecule has 0 spiro atoms. The molecule has 1 N–H and O–H groups in total. The van der Waals surface area contributed by atoms with E-state index in [2.05, 4.69) is 6.92 Å². The second-order valence-corrected chi connectivity index (χ2v) is 3.94. The van der Waals surface area contributed by atoms with Crippen LogP contribution in [0.4, 0.5) is 0 Å². The summed E-state index contributed by atoms with van der Waals surface area (Å²) in [5.41, 5.74) is 1.19. The molecule has 0 fully saturated rings. The molecule has 0 amide bonds. The van der Waals surface area contributed by atoms with Crippen molar-refractivity contribution in [3.05, 3.63) is 34.9 Å². The van der Waals surface area contributed by atoms with Crippen LogP contribution in [0.3, 0.4) is 0 Å². The molecule has 1 nitrogen and oxygen atoms in total. The summed E-state index contributed by atoms with van der Waals surface area (Å²) in [6.45, 7) is 4.35. The van der Waals surface area contributed by atoms with E-state index in [1.165, 1.54) is 5.56 Å². The molecule has 0 heterocycles. The van der Waals surface area contributed by atoms with Crippen LogP contribution in [0.15, 0.2) is 24.3 Å². The highest BCUT2D eigenvalue weighted by Gasteiger charge is 2.12. The first-order chi connectivity index (χ1) is 6.15. The topological polar surface area (TPSA) is 20.2 Å². The molecule has 1 aromatic rings. The molecule has 0 unspecified atom stereocenters. The summed E-state index contributed by atoms with van der Waals surface area (Å²) in [5, 5.41) is 9.76. The fourth-order valence-corrected chi connectivity index (χ4v) is 1.48. The number of benzene rings is 1. The van der Waals surface area contributed by atoms with Crippen molar-refractivity contribution >= 4 is 11.6 Å². The predicted octanol–water partition coefficient (Wildman–Crippen LogP) is 3.07. The van der Waals surface area contributed by atoms with Gasteiger partial charge in [0.05, 0.1) is 0 Å². The normalized spacial score (nSPS) is 15.4. The van der Waals surface area contributed by atoms with Crippen LogP contribution in [0.25, 0.3) is 0 Å². The minimum Gasteiger partial charge on any atom is -0.396 e. The van der Waals surface area contributed by atoms with Crippen molar-refractivity contribution in [1.82, 2.24) is 0 Å². The van der Waals surface area contributed by atoms with E-state index in [0.717, 1.165) is 5.02 Å². The second kappa shape index (κ2) is 4.64. The fourth-order valence-electron chi connectivity index (χ4n) is 1.28. The molecule has 0 radical (unpaired) electrons. The van der Waals surface area contributed by atoms with E-state index in [1.807, 2.05) is 31.2 Å². The van der Waals surface area contributed by atoms with E-state index < -0.39 is 0 Å². The lowest BCUT2D eigenvalue weighted by Gasteiger charge is -2.17. The molecule has 1 rings (SSSR count). The van der Waals surface area contributed by atoms with Crippen LogP contribution >= 0.6 is 11.6 Å². The Morgan fingerprint density at radius 1 is 1.38 bits per heavy atom. The molecule has 0 bridgehead atoms. The average Bonchev–Trinajstić information content (AvgIpc) is 2.15. The molecule has 2 heteroatoms. The average molecular weight is 199 g/mol. The van der Waals surface area contributed by atoms with Gasteiger partial charge in [-0.05, 0) is 29.5 Å². The first-order valence-corrected chi connectivity index (χ1v) is 4.89. The number of halogens is 1. The summed E-state index contributed by atoms with van der Waals surface area (Å²) in [6.07, 6.45) is 0. The van der Waals surface area contributed by atoms with E-state index in [9.17, 15) is 0 Å². The van der Waals surface area contributed by atoms with Gasteiger partial charge in [0.15, 0.2) is 0 Å². The van der Waals surface area contributed by atoms with Crippen molar-refractivity contribution in [3.63, 3.8) is 0 Å². The van der Waals surface area contributed by atoms with Crippen LogP contribution in [-0.4, -0.2) is 11.7 Å². The minimum atomic E-state index is 0.216. The molecule has 0 saturated heterocycles. The summed E-state index contributed by atoms with van der Waals surface area (Å²) < 4.78 is 0. The van der Waals surface area contributed by atoms with Gasteiger partial charge in [-0.2, -0.15) is 0 Å².